The van der Waals surface area contributed by atoms with Crippen molar-refractivity contribution in [1.82, 2.24) is 4.90 Å². The molecule has 2 aliphatic heterocycles. The molecule has 0 saturated carbocycles. The van der Waals surface area contributed by atoms with Gasteiger partial charge in [0.25, 0.3) is 0 Å². The first-order valence-corrected chi connectivity index (χ1v) is 9.85. The second-order valence-corrected chi connectivity index (χ2v) is 7.83. The van der Waals surface area contributed by atoms with Crippen LogP contribution in [0.1, 0.15) is 36.5 Å². The fraction of sp³-hybridized carbons (Fsp3) is 0.368. The Morgan fingerprint density at radius 3 is 2.48 bits per heavy atom. The van der Waals surface area contributed by atoms with E-state index in [0.29, 0.717) is 34.7 Å². The maximum absolute atomic E-state index is 13.1. The second-order valence-electron chi connectivity index (χ2n) is 6.45. The smallest absolute Gasteiger partial charge is 0.333 e. The van der Waals surface area contributed by atoms with Crippen molar-refractivity contribution in [2.75, 3.05) is 12.8 Å². The van der Waals surface area contributed by atoms with Crippen LogP contribution < -0.4 is 0 Å². The summed E-state index contributed by atoms with van der Waals surface area (Å²) in [6.07, 6.45) is 5.64. The molecule has 1 aromatic carbocycles. The minimum Gasteiger partial charge on any atom is -0.478 e. The van der Waals surface area contributed by atoms with Gasteiger partial charge in [0.1, 0.15) is 6.04 Å². The molecule has 6 heteroatoms. The van der Waals surface area contributed by atoms with Gasteiger partial charge in [-0.3, -0.25) is 9.00 Å². The van der Waals surface area contributed by atoms with Crippen LogP contribution in [-0.4, -0.2) is 44.8 Å². The van der Waals surface area contributed by atoms with Crippen LogP contribution in [0.4, 0.5) is 0 Å². The lowest BCUT2D eigenvalue weighted by molar-refractivity contribution is -0.132. The topological polar surface area (TPSA) is 74.7 Å². The summed E-state index contributed by atoms with van der Waals surface area (Å²) in [6.45, 7) is 2.55. The van der Waals surface area contributed by atoms with Gasteiger partial charge in [0.15, 0.2) is 5.78 Å². The Morgan fingerprint density at radius 1 is 1.20 bits per heavy atom. The summed E-state index contributed by atoms with van der Waals surface area (Å²) in [4.78, 5) is 27.2. The Labute approximate surface area is 149 Å². The number of ketones is 1. The average Bonchev–Trinajstić information content (AvgIpc) is 2.76. The number of rotatable bonds is 4. The first-order chi connectivity index (χ1) is 11.9. The molecule has 0 bridgehead atoms. The Hall–Kier alpha value is -2.21. The number of carbonyl (C=O) groups is 2. The van der Waals surface area contributed by atoms with Gasteiger partial charge in [-0.15, -0.1) is 0 Å². The van der Waals surface area contributed by atoms with Crippen molar-refractivity contribution in [2.45, 2.75) is 37.1 Å². The maximum atomic E-state index is 13.1. The molecule has 2 unspecified atom stereocenters. The predicted octanol–water partition coefficient (Wildman–Crippen LogP) is 2.76. The Morgan fingerprint density at radius 2 is 1.88 bits per heavy atom. The molecule has 0 spiro atoms. The number of carboxylic acids is 1. The first-order valence-electron chi connectivity index (χ1n) is 8.29. The van der Waals surface area contributed by atoms with Crippen molar-refractivity contribution in [3.05, 3.63) is 52.7 Å². The highest BCUT2D eigenvalue weighted by Gasteiger charge is 2.37. The highest BCUT2D eigenvalue weighted by atomic mass is 32.2. The van der Waals surface area contributed by atoms with Gasteiger partial charge in [0.2, 0.25) is 0 Å². The standard InChI is InChI=1S/C19H21NO4S/c1-12-11-16-15(19(22)23)5-3-4-10-20(16)17(12)18(21)13-6-8-14(9-7-13)25(2)24/h6-9,11,17H,3-5,10H2,1-2H3,(H,22,23). The molecule has 0 amide bonds. The van der Waals surface area contributed by atoms with Crippen LogP contribution in [0.15, 0.2) is 52.1 Å². The van der Waals surface area contributed by atoms with E-state index < -0.39 is 22.8 Å². The number of nitrogens with zero attached hydrogens (tertiary/aromatic N) is 1. The Bertz CT molecular complexity index is 807. The van der Waals surface area contributed by atoms with Crippen molar-refractivity contribution < 1.29 is 18.9 Å². The van der Waals surface area contributed by atoms with E-state index in [9.17, 15) is 18.9 Å². The lowest BCUT2D eigenvalue weighted by Gasteiger charge is -2.28. The SMILES string of the molecule is CC1=CC2=C(C(=O)O)CCCCN2C1C(=O)c1ccc(S(C)=O)cc1. The van der Waals surface area contributed by atoms with E-state index in [-0.39, 0.29) is 5.78 Å². The molecule has 2 atom stereocenters. The summed E-state index contributed by atoms with van der Waals surface area (Å²) >= 11 is 0. The number of fused-ring (bicyclic) bond motifs is 1. The normalized spacial score (nSPS) is 21.4. The van der Waals surface area contributed by atoms with Crippen LogP contribution in [0.5, 0.6) is 0 Å². The first kappa shape index (κ1) is 17.6. The van der Waals surface area contributed by atoms with Crippen molar-refractivity contribution in [3.63, 3.8) is 0 Å². The number of Topliss-reactive ketones (excluding diaryl/α,β-unsaturated/α-hetero) is 1. The van der Waals surface area contributed by atoms with E-state index in [1.54, 1.807) is 30.5 Å². The predicted molar refractivity (Wildman–Crippen MR) is 95.9 cm³/mol. The monoisotopic (exact) mass is 359 g/mol. The highest BCUT2D eigenvalue weighted by molar-refractivity contribution is 7.84. The van der Waals surface area contributed by atoms with Gasteiger partial charge < -0.3 is 10.0 Å². The van der Waals surface area contributed by atoms with Gasteiger partial charge in [-0.1, -0.05) is 12.1 Å². The lowest BCUT2D eigenvalue weighted by Crippen LogP contribution is -2.38. The van der Waals surface area contributed by atoms with E-state index >= 15 is 0 Å². The minimum atomic E-state index is -1.08. The van der Waals surface area contributed by atoms with Crippen molar-refractivity contribution in [1.29, 1.82) is 0 Å². The van der Waals surface area contributed by atoms with Crippen LogP contribution in [0, 0.1) is 0 Å². The molecule has 0 radical (unpaired) electrons. The van der Waals surface area contributed by atoms with Gasteiger partial charge in [-0.2, -0.15) is 0 Å². The third-order valence-corrected chi connectivity index (χ3v) is 5.72. The zero-order valence-electron chi connectivity index (χ0n) is 14.3. The molecular weight excluding hydrogens is 338 g/mol. The number of hydrogen-bond acceptors (Lipinski definition) is 4. The number of hydrogen-bond donors (Lipinski definition) is 1. The molecule has 0 fully saturated rings. The lowest BCUT2D eigenvalue weighted by atomic mass is 9.99. The third-order valence-electron chi connectivity index (χ3n) is 4.78. The quantitative estimate of drug-likeness (QED) is 0.837. The average molecular weight is 359 g/mol. The van der Waals surface area contributed by atoms with Crippen molar-refractivity contribution >= 4 is 22.6 Å². The highest BCUT2D eigenvalue weighted by Crippen LogP contribution is 2.35. The Balaban J connectivity index is 1.95. The van der Waals surface area contributed by atoms with E-state index in [1.165, 1.54) is 0 Å². The van der Waals surface area contributed by atoms with Crippen LogP contribution in [0.3, 0.4) is 0 Å². The number of carboxylic acid groups (broad SMARTS) is 1. The summed E-state index contributed by atoms with van der Waals surface area (Å²) in [5.74, 6) is -0.961. The van der Waals surface area contributed by atoms with Crippen molar-refractivity contribution in [2.24, 2.45) is 0 Å². The van der Waals surface area contributed by atoms with Crippen LogP contribution in [0.25, 0.3) is 0 Å². The van der Waals surface area contributed by atoms with Crippen LogP contribution in [0.2, 0.25) is 0 Å². The molecule has 0 saturated heterocycles. The molecule has 0 aliphatic carbocycles. The summed E-state index contributed by atoms with van der Waals surface area (Å²) in [6, 6.07) is 6.35. The van der Waals surface area contributed by atoms with Crippen LogP contribution >= 0.6 is 0 Å². The molecule has 25 heavy (non-hydrogen) atoms. The van der Waals surface area contributed by atoms with Gasteiger partial charge in [-0.05, 0) is 50.0 Å². The molecule has 1 aromatic rings. The summed E-state index contributed by atoms with van der Waals surface area (Å²) in [7, 11) is -1.08. The molecule has 1 N–H and O–H groups in total. The Kier molecular flexibility index (Phi) is 4.90. The zero-order valence-corrected chi connectivity index (χ0v) is 15.1. The summed E-state index contributed by atoms with van der Waals surface area (Å²) < 4.78 is 11.5. The zero-order chi connectivity index (χ0) is 18.1. The molecular formula is C19H21NO4S. The molecule has 2 aliphatic rings. The number of carbonyl (C=O) groups excluding carboxylic acids is 1. The minimum absolute atomic E-state index is 0.0520. The molecule has 3 rings (SSSR count). The van der Waals surface area contributed by atoms with Gasteiger partial charge in [0, 0.05) is 39.8 Å². The molecule has 132 valence electrons. The third kappa shape index (κ3) is 3.31. The van der Waals surface area contributed by atoms with Gasteiger partial charge >= 0.3 is 5.97 Å². The molecule has 5 nitrogen and oxygen atoms in total. The largest absolute Gasteiger partial charge is 0.478 e. The van der Waals surface area contributed by atoms with E-state index in [0.717, 1.165) is 18.4 Å². The fourth-order valence-corrected chi connectivity index (χ4v) is 4.04. The van der Waals surface area contributed by atoms with E-state index in [2.05, 4.69) is 0 Å². The number of allylic oxidation sites excluding steroid dienone is 1. The number of benzene rings is 1. The molecule has 2 heterocycles. The van der Waals surface area contributed by atoms with Gasteiger partial charge in [0.05, 0.1) is 5.57 Å². The van der Waals surface area contributed by atoms with Crippen LogP contribution in [-0.2, 0) is 15.6 Å². The maximum Gasteiger partial charge on any atom is 0.333 e. The molecule has 0 aromatic heterocycles. The van der Waals surface area contributed by atoms with Crippen molar-refractivity contribution in [3.8, 4) is 0 Å². The fourth-order valence-electron chi connectivity index (χ4n) is 3.52. The number of aliphatic carboxylic acids is 1. The summed E-state index contributed by atoms with van der Waals surface area (Å²) in [5.41, 5.74) is 2.48. The second kappa shape index (κ2) is 6.96. The summed E-state index contributed by atoms with van der Waals surface area (Å²) in [5, 5.41) is 9.49. The van der Waals surface area contributed by atoms with Gasteiger partial charge in [-0.25, -0.2) is 4.79 Å². The van der Waals surface area contributed by atoms with E-state index in [4.69, 9.17) is 0 Å². The van der Waals surface area contributed by atoms with E-state index in [1.807, 2.05) is 17.9 Å².